The summed E-state index contributed by atoms with van der Waals surface area (Å²) in [6, 6.07) is 26.4. The number of phenolic OH excluding ortho intramolecular Hbond substituents is 2. The number of halogens is 2. The van der Waals surface area contributed by atoms with Crippen molar-refractivity contribution in [3.63, 3.8) is 0 Å². The van der Waals surface area contributed by atoms with E-state index in [0.29, 0.717) is 10.0 Å². The number of hydrogen-bond donors (Lipinski definition) is 2. The monoisotopic (exact) mass is 700 g/mol. The summed E-state index contributed by atoms with van der Waals surface area (Å²) in [5.41, 5.74) is 6.89. The standard InChI is InChI=1S/2C13H21.2C6H5ClO.Zr/c2*1-12(2,3)10-7-8-11(9-10)13(4,5)6;2*7-5-1-3-6(8)4-2-5;/h2*7-9H,1-6H3;2*1-4,8H;/q2*-1;;;+2. The Morgan fingerprint density at radius 2 is 0.721 bits per heavy atom. The van der Waals surface area contributed by atoms with Gasteiger partial charge in [-0.1, -0.05) is 128 Å². The second-order valence-electron chi connectivity index (χ2n) is 14.7. The molecule has 0 fully saturated rings. The van der Waals surface area contributed by atoms with E-state index < -0.39 is 0 Å². The van der Waals surface area contributed by atoms with E-state index in [4.69, 9.17) is 33.4 Å². The zero-order chi connectivity index (χ0) is 32.5. The molecule has 0 atom stereocenters. The first-order valence-corrected chi connectivity index (χ1v) is 15.2. The van der Waals surface area contributed by atoms with Crippen molar-refractivity contribution in [2.45, 2.75) is 105 Å². The van der Waals surface area contributed by atoms with Gasteiger partial charge in [-0.05, 0) is 48.5 Å². The summed E-state index contributed by atoms with van der Waals surface area (Å²) in [5.74, 6) is 0.490. The van der Waals surface area contributed by atoms with E-state index in [1.165, 1.54) is 22.3 Å². The SMILES string of the molecule is CC(C)(C)c1cc[c-](C(C)(C)C)c1.CC(C)(C)c1cc[c-](C(C)(C)C)c1.Oc1ccc(Cl)cc1.Oc1ccc(Cl)cc1.[Zr+2]. The molecule has 2 N–H and O–H groups in total. The summed E-state index contributed by atoms with van der Waals surface area (Å²) in [5, 5.41) is 18.7. The van der Waals surface area contributed by atoms with E-state index in [9.17, 15) is 0 Å². The van der Waals surface area contributed by atoms with Gasteiger partial charge in [0.25, 0.3) is 0 Å². The molecule has 4 aromatic rings. The van der Waals surface area contributed by atoms with Crippen molar-refractivity contribution in [1.29, 1.82) is 0 Å². The number of rotatable bonds is 0. The van der Waals surface area contributed by atoms with E-state index in [0.717, 1.165) is 0 Å². The van der Waals surface area contributed by atoms with E-state index in [2.05, 4.69) is 119 Å². The van der Waals surface area contributed by atoms with Gasteiger partial charge in [0.2, 0.25) is 0 Å². The van der Waals surface area contributed by atoms with Gasteiger partial charge in [0.15, 0.2) is 0 Å². The molecular formula is C38H52Cl2O2Zr. The molecule has 4 aromatic carbocycles. The molecule has 5 heteroatoms. The third-order valence-electron chi connectivity index (χ3n) is 6.62. The first-order valence-electron chi connectivity index (χ1n) is 14.4. The van der Waals surface area contributed by atoms with Gasteiger partial charge in [0.1, 0.15) is 11.5 Å². The van der Waals surface area contributed by atoms with Gasteiger partial charge in [0, 0.05) is 10.0 Å². The van der Waals surface area contributed by atoms with E-state index >= 15 is 0 Å². The van der Waals surface area contributed by atoms with Gasteiger partial charge in [-0.25, -0.2) is 12.1 Å². The average Bonchev–Trinajstić information content (AvgIpc) is 3.54. The Morgan fingerprint density at radius 1 is 0.465 bits per heavy atom. The van der Waals surface area contributed by atoms with Gasteiger partial charge in [0.05, 0.1) is 0 Å². The molecule has 4 rings (SSSR count). The molecule has 0 heterocycles. The first-order chi connectivity index (χ1) is 19.0. The fourth-order valence-electron chi connectivity index (χ4n) is 3.63. The fourth-order valence-corrected chi connectivity index (χ4v) is 3.89. The summed E-state index contributed by atoms with van der Waals surface area (Å²) in [6.45, 7) is 27.1. The Hall–Kier alpha value is -1.80. The summed E-state index contributed by atoms with van der Waals surface area (Å²) in [7, 11) is 0. The molecule has 0 spiro atoms. The van der Waals surface area contributed by atoms with Crippen molar-refractivity contribution in [2.24, 2.45) is 0 Å². The topological polar surface area (TPSA) is 40.5 Å². The molecule has 0 aliphatic rings. The predicted molar refractivity (Wildman–Crippen MR) is 185 cm³/mol. The van der Waals surface area contributed by atoms with Crippen molar-refractivity contribution in [2.75, 3.05) is 0 Å². The predicted octanol–water partition coefficient (Wildman–Crippen LogP) is 12.1. The van der Waals surface area contributed by atoms with Crippen LogP contribution in [0, 0.1) is 0 Å². The minimum absolute atomic E-state index is 0. The molecule has 0 amide bonds. The van der Waals surface area contributed by atoms with E-state index in [1.807, 2.05) is 0 Å². The van der Waals surface area contributed by atoms with Crippen molar-refractivity contribution in [3.05, 3.63) is 117 Å². The Bertz CT molecular complexity index is 1110. The van der Waals surface area contributed by atoms with Crippen LogP contribution in [0.15, 0.2) is 84.9 Å². The summed E-state index contributed by atoms with van der Waals surface area (Å²) < 4.78 is 0. The van der Waals surface area contributed by atoms with E-state index in [-0.39, 0.29) is 59.4 Å². The molecule has 0 saturated carbocycles. The molecule has 0 bridgehead atoms. The molecule has 2 nitrogen and oxygen atoms in total. The maximum atomic E-state index is 8.70. The third kappa shape index (κ3) is 16.2. The number of aromatic hydroxyl groups is 2. The molecule has 0 radical (unpaired) electrons. The Morgan fingerprint density at radius 3 is 0.860 bits per heavy atom. The smallest absolute Gasteiger partial charge is 0.508 e. The Balaban J connectivity index is 0.000000556. The zero-order valence-electron chi connectivity index (χ0n) is 28.2. The zero-order valence-corrected chi connectivity index (χ0v) is 32.2. The molecule has 0 aliphatic heterocycles. The van der Waals surface area contributed by atoms with E-state index in [1.54, 1.807) is 48.5 Å². The van der Waals surface area contributed by atoms with Crippen LogP contribution in [0.4, 0.5) is 0 Å². The fraction of sp³-hybridized carbons (Fsp3) is 0.421. The second-order valence-corrected chi connectivity index (χ2v) is 15.6. The van der Waals surface area contributed by atoms with Gasteiger partial charge in [-0.15, -0.1) is 0 Å². The molecule has 0 aromatic heterocycles. The van der Waals surface area contributed by atoms with Crippen molar-refractivity contribution in [1.82, 2.24) is 0 Å². The van der Waals surface area contributed by atoms with Crippen LogP contribution in [0.5, 0.6) is 11.5 Å². The number of benzene rings is 2. The summed E-state index contributed by atoms with van der Waals surface area (Å²) in [6.07, 6.45) is 0. The van der Waals surface area contributed by atoms with Crippen molar-refractivity contribution < 1.29 is 36.4 Å². The minimum Gasteiger partial charge on any atom is -0.508 e. The van der Waals surface area contributed by atoms with Gasteiger partial charge < -0.3 is 10.2 Å². The van der Waals surface area contributed by atoms with Crippen LogP contribution in [0.25, 0.3) is 0 Å². The number of phenols is 2. The maximum absolute atomic E-state index is 8.70. The molecule has 0 aliphatic carbocycles. The largest absolute Gasteiger partial charge is 2.00 e. The quantitative estimate of drug-likeness (QED) is 0.179. The molecule has 0 unspecified atom stereocenters. The van der Waals surface area contributed by atoms with Crippen LogP contribution < -0.4 is 0 Å². The average molecular weight is 703 g/mol. The molecule has 234 valence electrons. The van der Waals surface area contributed by atoms with Crippen LogP contribution in [0.1, 0.15) is 105 Å². The Kier molecular flexibility index (Phi) is 16.3. The van der Waals surface area contributed by atoms with Gasteiger partial charge >= 0.3 is 26.2 Å². The van der Waals surface area contributed by atoms with Gasteiger partial charge in [-0.3, -0.25) is 0 Å². The third-order valence-corrected chi connectivity index (χ3v) is 7.13. The maximum Gasteiger partial charge on any atom is 2.00 e. The van der Waals surface area contributed by atoms with Crippen LogP contribution in [0.2, 0.25) is 10.0 Å². The van der Waals surface area contributed by atoms with Crippen LogP contribution in [-0.4, -0.2) is 10.2 Å². The van der Waals surface area contributed by atoms with Crippen molar-refractivity contribution >= 4 is 23.2 Å². The minimum atomic E-state index is 0. The number of hydrogen-bond acceptors (Lipinski definition) is 2. The molecule has 43 heavy (non-hydrogen) atoms. The van der Waals surface area contributed by atoms with Crippen LogP contribution in [0.3, 0.4) is 0 Å². The molecular weight excluding hydrogens is 651 g/mol. The van der Waals surface area contributed by atoms with Crippen molar-refractivity contribution in [3.8, 4) is 11.5 Å². The summed E-state index contributed by atoms with van der Waals surface area (Å²) >= 11 is 11.0. The van der Waals surface area contributed by atoms with Crippen LogP contribution in [-0.2, 0) is 47.9 Å². The second kappa shape index (κ2) is 17.0. The van der Waals surface area contributed by atoms with Crippen LogP contribution >= 0.6 is 23.2 Å². The molecule has 0 saturated heterocycles. The van der Waals surface area contributed by atoms with Gasteiger partial charge in [-0.2, -0.15) is 46.5 Å². The normalized spacial score (nSPS) is 11.5. The summed E-state index contributed by atoms with van der Waals surface area (Å²) in [4.78, 5) is 0. The Labute approximate surface area is 291 Å². The first kappa shape index (κ1) is 41.2.